The van der Waals surface area contributed by atoms with Crippen LogP contribution in [-0.2, 0) is 27.9 Å². The van der Waals surface area contributed by atoms with Crippen molar-refractivity contribution in [3.05, 3.63) is 48.6 Å². The summed E-state index contributed by atoms with van der Waals surface area (Å²) >= 11 is 1.28. The van der Waals surface area contributed by atoms with E-state index in [1.165, 1.54) is 36.0 Å². The van der Waals surface area contributed by atoms with Gasteiger partial charge in [-0.3, -0.25) is 9.10 Å². The molecule has 180 valence electrons. The second-order valence-electron chi connectivity index (χ2n) is 8.58. The van der Waals surface area contributed by atoms with E-state index >= 15 is 0 Å². The average molecular weight is 496 g/mol. The van der Waals surface area contributed by atoms with Crippen LogP contribution in [0.1, 0.15) is 26.1 Å². The van der Waals surface area contributed by atoms with Gasteiger partial charge in [-0.15, -0.1) is 16.8 Å². The Balaban J connectivity index is 1.77. The fourth-order valence-corrected chi connectivity index (χ4v) is 5.80. The molecule has 3 rings (SSSR count). The zero-order valence-electron chi connectivity index (χ0n) is 19.1. The summed E-state index contributed by atoms with van der Waals surface area (Å²) in [7, 11) is -3.67. The number of hydrogen-bond acceptors (Lipinski definition) is 6. The summed E-state index contributed by atoms with van der Waals surface area (Å²) in [6.45, 7) is 9.87. The van der Waals surface area contributed by atoms with Crippen molar-refractivity contribution in [3.8, 4) is 0 Å². The van der Waals surface area contributed by atoms with E-state index in [1.54, 1.807) is 10.6 Å². The summed E-state index contributed by atoms with van der Waals surface area (Å²) < 4.78 is 41.1. The summed E-state index contributed by atoms with van der Waals surface area (Å²) in [6, 6.07) is 5.22. The SMILES string of the molecule is C=CCn1c(CN(c2ccc(F)cc2)S(C)(=O)=O)nnc1SCC(=O)N1CC(C)CC(C)C1. The minimum Gasteiger partial charge on any atom is -0.341 e. The van der Waals surface area contributed by atoms with E-state index in [2.05, 4.69) is 30.6 Å². The van der Waals surface area contributed by atoms with Gasteiger partial charge >= 0.3 is 0 Å². The van der Waals surface area contributed by atoms with Gasteiger partial charge in [0.1, 0.15) is 5.82 Å². The highest BCUT2D eigenvalue weighted by Crippen LogP contribution is 2.25. The maximum absolute atomic E-state index is 13.3. The summed E-state index contributed by atoms with van der Waals surface area (Å²) in [5.41, 5.74) is 0.324. The van der Waals surface area contributed by atoms with Crippen molar-refractivity contribution in [2.45, 2.75) is 38.5 Å². The van der Waals surface area contributed by atoms with Gasteiger partial charge in [-0.05, 0) is 42.5 Å². The van der Waals surface area contributed by atoms with Crippen LogP contribution in [0.2, 0.25) is 0 Å². The van der Waals surface area contributed by atoms with E-state index in [1.807, 2.05) is 4.90 Å². The largest absolute Gasteiger partial charge is 0.341 e. The number of thioether (sulfide) groups is 1. The summed E-state index contributed by atoms with van der Waals surface area (Å²) in [5, 5.41) is 8.90. The predicted octanol–water partition coefficient (Wildman–Crippen LogP) is 3.17. The first-order chi connectivity index (χ1) is 15.6. The van der Waals surface area contributed by atoms with Gasteiger partial charge < -0.3 is 9.47 Å². The fraction of sp³-hybridized carbons (Fsp3) is 0.500. The van der Waals surface area contributed by atoms with Crippen LogP contribution in [0.25, 0.3) is 0 Å². The molecule has 1 fully saturated rings. The molecule has 0 N–H and O–H groups in total. The summed E-state index contributed by atoms with van der Waals surface area (Å²) in [6.07, 6.45) is 3.87. The zero-order chi connectivity index (χ0) is 24.2. The molecule has 1 amide bonds. The van der Waals surface area contributed by atoms with Gasteiger partial charge in [0, 0.05) is 19.6 Å². The van der Waals surface area contributed by atoms with Crippen molar-refractivity contribution in [1.29, 1.82) is 0 Å². The highest BCUT2D eigenvalue weighted by atomic mass is 32.2. The van der Waals surface area contributed by atoms with Crippen LogP contribution in [0.4, 0.5) is 10.1 Å². The number of carbonyl (C=O) groups is 1. The fourth-order valence-electron chi connectivity index (χ4n) is 4.08. The van der Waals surface area contributed by atoms with Crippen LogP contribution in [-0.4, -0.2) is 59.1 Å². The number of aromatic nitrogens is 3. The Morgan fingerprint density at radius 3 is 2.45 bits per heavy atom. The molecule has 2 heterocycles. The second-order valence-corrected chi connectivity index (χ2v) is 11.4. The maximum Gasteiger partial charge on any atom is 0.233 e. The molecular formula is C22H30FN5O3S2. The number of piperidine rings is 1. The molecule has 1 aromatic carbocycles. The molecule has 1 saturated heterocycles. The van der Waals surface area contributed by atoms with Crippen LogP contribution in [0, 0.1) is 17.7 Å². The third-order valence-corrected chi connectivity index (χ3v) is 7.54. The lowest BCUT2D eigenvalue weighted by molar-refractivity contribution is -0.130. The van der Waals surface area contributed by atoms with Crippen LogP contribution >= 0.6 is 11.8 Å². The molecule has 0 saturated carbocycles. The van der Waals surface area contributed by atoms with E-state index in [0.29, 0.717) is 35.0 Å². The molecule has 0 bridgehead atoms. The first kappa shape index (κ1) is 25.2. The Bertz CT molecular complexity index is 1080. The molecule has 0 aliphatic carbocycles. The van der Waals surface area contributed by atoms with E-state index in [9.17, 15) is 17.6 Å². The highest BCUT2D eigenvalue weighted by molar-refractivity contribution is 7.99. The molecule has 1 aliphatic heterocycles. The van der Waals surface area contributed by atoms with Crippen LogP contribution in [0.5, 0.6) is 0 Å². The van der Waals surface area contributed by atoms with Crippen molar-refractivity contribution in [2.24, 2.45) is 11.8 Å². The molecule has 33 heavy (non-hydrogen) atoms. The van der Waals surface area contributed by atoms with Gasteiger partial charge in [0.25, 0.3) is 0 Å². The number of carbonyl (C=O) groups excluding carboxylic acids is 1. The molecule has 2 aromatic rings. The zero-order valence-corrected chi connectivity index (χ0v) is 20.8. The smallest absolute Gasteiger partial charge is 0.233 e. The lowest BCUT2D eigenvalue weighted by Crippen LogP contribution is -2.43. The van der Waals surface area contributed by atoms with E-state index in [-0.39, 0.29) is 18.2 Å². The van der Waals surface area contributed by atoms with Gasteiger partial charge in [-0.2, -0.15) is 0 Å². The van der Waals surface area contributed by atoms with Crippen LogP contribution < -0.4 is 4.31 Å². The topological polar surface area (TPSA) is 88.4 Å². The quantitative estimate of drug-likeness (QED) is 0.392. The number of anilines is 1. The van der Waals surface area contributed by atoms with Gasteiger partial charge in [0.2, 0.25) is 15.9 Å². The third-order valence-electron chi connectivity index (χ3n) is 5.45. The number of rotatable bonds is 9. The monoisotopic (exact) mass is 495 g/mol. The maximum atomic E-state index is 13.3. The highest BCUT2D eigenvalue weighted by Gasteiger charge is 2.26. The number of hydrogen-bond donors (Lipinski definition) is 0. The van der Waals surface area contributed by atoms with Crippen molar-refractivity contribution >= 4 is 33.4 Å². The normalized spacial score (nSPS) is 18.8. The standard InChI is InChI=1S/C22H30FN5O3S2/c1-5-10-27-20(14-28(33(4,30)31)19-8-6-18(23)7-9-19)24-25-22(27)32-15-21(29)26-12-16(2)11-17(3)13-26/h5-9,16-17H,1,10-15H2,2-4H3. The second kappa shape index (κ2) is 10.7. The first-order valence-corrected chi connectivity index (χ1v) is 13.6. The lowest BCUT2D eigenvalue weighted by Gasteiger charge is -2.34. The Morgan fingerprint density at radius 2 is 1.88 bits per heavy atom. The van der Waals surface area contributed by atoms with Gasteiger partial charge in [0.05, 0.1) is 24.2 Å². The molecule has 0 spiro atoms. The van der Waals surface area contributed by atoms with Crippen molar-refractivity contribution < 1.29 is 17.6 Å². The van der Waals surface area contributed by atoms with Gasteiger partial charge in [-0.1, -0.05) is 31.7 Å². The lowest BCUT2D eigenvalue weighted by atomic mass is 9.92. The molecular weight excluding hydrogens is 465 g/mol. The molecule has 11 heteroatoms. The molecule has 1 aliphatic rings. The minimum absolute atomic E-state index is 0.0529. The van der Waals surface area contributed by atoms with E-state index in [4.69, 9.17) is 0 Å². The molecule has 8 nitrogen and oxygen atoms in total. The molecule has 2 atom stereocenters. The van der Waals surface area contributed by atoms with Crippen molar-refractivity contribution in [1.82, 2.24) is 19.7 Å². The molecule has 2 unspecified atom stereocenters. The summed E-state index contributed by atoms with van der Waals surface area (Å²) in [5.74, 6) is 1.18. The van der Waals surface area contributed by atoms with Gasteiger partial charge in [0.15, 0.2) is 11.0 Å². The van der Waals surface area contributed by atoms with Crippen molar-refractivity contribution in [2.75, 3.05) is 29.4 Å². The Kier molecular flexibility index (Phi) is 8.17. The number of benzene rings is 1. The van der Waals surface area contributed by atoms with Gasteiger partial charge in [-0.25, -0.2) is 12.8 Å². The number of sulfonamides is 1. The summed E-state index contributed by atoms with van der Waals surface area (Å²) in [4.78, 5) is 14.7. The minimum atomic E-state index is -3.67. The number of halogens is 1. The number of allylic oxidation sites excluding steroid dienone is 1. The Labute approximate surface area is 198 Å². The van der Waals surface area contributed by atoms with Crippen molar-refractivity contribution in [3.63, 3.8) is 0 Å². The average Bonchev–Trinajstić information content (AvgIpc) is 3.11. The third kappa shape index (κ3) is 6.57. The predicted molar refractivity (Wildman–Crippen MR) is 128 cm³/mol. The number of nitrogens with zero attached hydrogens (tertiary/aromatic N) is 5. The number of likely N-dealkylation sites (tertiary alicyclic amines) is 1. The first-order valence-electron chi connectivity index (χ1n) is 10.7. The molecule has 1 aromatic heterocycles. The number of amides is 1. The Hall–Kier alpha value is -2.40. The van der Waals surface area contributed by atoms with Crippen LogP contribution in [0.15, 0.2) is 42.1 Å². The van der Waals surface area contributed by atoms with E-state index in [0.717, 1.165) is 30.1 Å². The molecule has 0 radical (unpaired) electrons. The van der Waals surface area contributed by atoms with Crippen LogP contribution in [0.3, 0.4) is 0 Å². The van der Waals surface area contributed by atoms with E-state index < -0.39 is 15.8 Å². The Morgan fingerprint density at radius 1 is 1.24 bits per heavy atom.